The van der Waals surface area contributed by atoms with Gasteiger partial charge >= 0.3 is 0 Å². The van der Waals surface area contributed by atoms with E-state index in [4.69, 9.17) is 23.2 Å². The molecule has 19 heavy (non-hydrogen) atoms. The van der Waals surface area contributed by atoms with E-state index in [1.807, 2.05) is 13.0 Å². The fourth-order valence-corrected chi connectivity index (χ4v) is 2.50. The van der Waals surface area contributed by atoms with Gasteiger partial charge in [-0.1, -0.05) is 29.3 Å². The largest absolute Gasteiger partial charge is 0.380 e. The predicted octanol–water partition coefficient (Wildman–Crippen LogP) is 5.82. The van der Waals surface area contributed by atoms with Crippen LogP contribution in [0.2, 0.25) is 10.0 Å². The summed E-state index contributed by atoms with van der Waals surface area (Å²) in [5.74, 6) is -0.278. The molecular formula is C14H11BrCl2FN. The molecule has 0 aliphatic heterocycles. The summed E-state index contributed by atoms with van der Waals surface area (Å²) in [6.07, 6.45) is 0. The van der Waals surface area contributed by atoms with Crippen LogP contribution in [0.15, 0.2) is 34.8 Å². The lowest BCUT2D eigenvalue weighted by molar-refractivity contribution is 0.620. The van der Waals surface area contributed by atoms with Crippen molar-refractivity contribution in [3.8, 4) is 0 Å². The van der Waals surface area contributed by atoms with Crippen molar-refractivity contribution in [2.75, 3.05) is 5.32 Å². The van der Waals surface area contributed by atoms with Gasteiger partial charge in [0.25, 0.3) is 0 Å². The molecule has 2 aromatic rings. The van der Waals surface area contributed by atoms with E-state index in [0.717, 1.165) is 16.8 Å². The van der Waals surface area contributed by atoms with Crippen molar-refractivity contribution in [1.29, 1.82) is 0 Å². The summed E-state index contributed by atoms with van der Waals surface area (Å²) in [6.45, 7) is 2.44. The molecule has 2 rings (SSSR count). The number of hydrogen-bond donors (Lipinski definition) is 1. The molecule has 0 saturated heterocycles. The number of rotatable bonds is 3. The standard InChI is InChI=1S/C14H11BrCl2FN/c1-8-4-12(17)14(6-11(8)16)19-7-9-2-3-13(18)10(15)5-9/h2-6,19H,7H2,1H3. The van der Waals surface area contributed by atoms with E-state index < -0.39 is 0 Å². The molecule has 0 aromatic heterocycles. The molecular weight excluding hydrogens is 352 g/mol. The Labute approximate surface area is 129 Å². The lowest BCUT2D eigenvalue weighted by Gasteiger charge is -2.11. The molecule has 0 aliphatic rings. The fourth-order valence-electron chi connectivity index (χ4n) is 1.63. The monoisotopic (exact) mass is 361 g/mol. The van der Waals surface area contributed by atoms with Gasteiger partial charge in [0.15, 0.2) is 0 Å². The second-order valence-electron chi connectivity index (χ2n) is 4.18. The summed E-state index contributed by atoms with van der Waals surface area (Å²) < 4.78 is 13.6. The van der Waals surface area contributed by atoms with E-state index in [1.165, 1.54) is 6.07 Å². The average Bonchev–Trinajstić information content (AvgIpc) is 2.36. The topological polar surface area (TPSA) is 12.0 Å². The third-order valence-electron chi connectivity index (χ3n) is 2.72. The first-order valence-corrected chi connectivity index (χ1v) is 7.15. The zero-order valence-electron chi connectivity index (χ0n) is 10.1. The molecule has 0 heterocycles. The molecule has 1 N–H and O–H groups in total. The van der Waals surface area contributed by atoms with Crippen LogP contribution in [-0.4, -0.2) is 0 Å². The highest BCUT2D eigenvalue weighted by Crippen LogP contribution is 2.29. The van der Waals surface area contributed by atoms with E-state index in [0.29, 0.717) is 21.1 Å². The number of nitrogens with one attached hydrogen (secondary N) is 1. The zero-order chi connectivity index (χ0) is 14.0. The van der Waals surface area contributed by atoms with Crippen LogP contribution in [-0.2, 0) is 6.54 Å². The van der Waals surface area contributed by atoms with Gasteiger partial charge in [-0.3, -0.25) is 0 Å². The summed E-state index contributed by atoms with van der Waals surface area (Å²) in [5, 5.41) is 4.46. The summed E-state index contributed by atoms with van der Waals surface area (Å²) in [6, 6.07) is 8.47. The third-order valence-corrected chi connectivity index (χ3v) is 4.04. The molecule has 0 fully saturated rings. The molecule has 0 unspecified atom stereocenters. The van der Waals surface area contributed by atoms with Crippen molar-refractivity contribution >= 4 is 44.8 Å². The Morgan fingerprint density at radius 2 is 1.89 bits per heavy atom. The summed E-state index contributed by atoms with van der Waals surface area (Å²) >= 11 is 15.3. The number of anilines is 1. The van der Waals surface area contributed by atoms with Gasteiger partial charge in [0, 0.05) is 11.6 Å². The van der Waals surface area contributed by atoms with Crippen molar-refractivity contribution in [3.05, 3.63) is 61.8 Å². The molecule has 0 bridgehead atoms. The van der Waals surface area contributed by atoms with E-state index in [2.05, 4.69) is 21.2 Å². The molecule has 0 atom stereocenters. The molecule has 0 spiro atoms. The van der Waals surface area contributed by atoms with Crippen LogP contribution in [0.1, 0.15) is 11.1 Å². The molecule has 2 aromatic carbocycles. The number of hydrogen-bond acceptors (Lipinski definition) is 1. The molecule has 0 saturated carbocycles. The van der Waals surface area contributed by atoms with Gasteiger partial charge in [0.05, 0.1) is 15.2 Å². The maximum Gasteiger partial charge on any atom is 0.137 e. The molecule has 0 aliphatic carbocycles. The van der Waals surface area contributed by atoms with Gasteiger partial charge in [-0.15, -0.1) is 0 Å². The Bertz CT molecular complexity index is 617. The lowest BCUT2D eigenvalue weighted by atomic mass is 10.2. The lowest BCUT2D eigenvalue weighted by Crippen LogP contribution is -2.00. The van der Waals surface area contributed by atoms with Gasteiger partial charge in [0.1, 0.15) is 5.82 Å². The number of aryl methyl sites for hydroxylation is 1. The predicted molar refractivity (Wildman–Crippen MR) is 82.6 cm³/mol. The highest BCUT2D eigenvalue weighted by Gasteiger charge is 2.05. The summed E-state index contributed by atoms with van der Waals surface area (Å²) in [7, 11) is 0. The third kappa shape index (κ3) is 3.62. The molecule has 100 valence electrons. The fraction of sp³-hybridized carbons (Fsp3) is 0.143. The van der Waals surface area contributed by atoms with Gasteiger partial charge in [-0.05, 0) is 58.2 Å². The van der Waals surface area contributed by atoms with E-state index >= 15 is 0 Å². The van der Waals surface area contributed by atoms with E-state index in [1.54, 1.807) is 18.2 Å². The smallest absolute Gasteiger partial charge is 0.137 e. The van der Waals surface area contributed by atoms with Crippen molar-refractivity contribution in [3.63, 3.8) is 0 Å². The first kappa shape index (κ1) is 14.6. The van der Waals surface area contributed by atoms with E-state index in [-0.39, 0.29) is 5.82 Å². The van der Waals surface area contributed by atoms with Crippen LogP contribution < -0.4 is 5.32 Å². The second-order valence-corrected chi connectivity index (χ2v) is 5.85. The normalized spacial score (nSPS) is 10.6. The molecule has 5 heteroatoms. The first-order valence-electron chi connectivity index (χ1n) is 5.61. The summed E-state index contributed by atoms with van der Waals surface area (Å²) in [5.41, 5.74) is 2.64. The van der Waals surface area contributed by atoms with Gasteiger partial charge in [0.2, 0.25) is 0 Å². The SMILES string of the molecule is Cc1cc(Cl)c(NCc2ccc(F)c(Br)c2)cc1Cl. The maximum atomic E-state index is 13.1. The molecule has 1 nitrogen and oxygen atoms in total. The highest BCUT2D eigenvalue weighted by molar-refractivity contribution is 9.10. The van der Waals surface area contributed by atoms with Crippen LogP contribution in [0.4, 0.5) is 10.1 Å². The first-order chi connectivity index (χ1) is 8.97. The van der Waals surface area contributed by atoms with Crippen molar-refractivity contribution in [2.24, 2.45) is 0 Å². The van der Waals surface area contributed by atoms with Crippen LogP contribution in [0, 0.1) is 12.7 Å². The van der Waals surface area contributed by atoms with Gasteiger partial charge in [-0.2, -0.15) is 0 Å². The van der Waals surface area contributed by atoms with Gasteiger partial charge < -0.3 is 5.32 Å². The summed E-state index contributed by atoms with van der Waals surface area (Å²) in [4.78, 5) is 0. The minimum absolute atomic E-state index is 0.278. The Kier molecular flexibility index (Phi) is 4.71. The molecule has 0 radical (unpaired) electrons. The van der Waals surface area contributed by atoms with Crippen LogP contribution >= 0.6 is 39.1 Å². The number of halogens is 4. The second kappa shape index (κ2) is 6.12. The Morgan fingerprint density at radius 3 is 2.58 bits per heavy atom. The average molecular weight is 363 g/mol. The minimum Gasteiger partial charge on any atom is -0.380 e. The maximum absolute atomic E-state index is 13.1. The van der Waals surface area contributed by atoms with Crippen LogP contribution in [0.5, 0.6) is 0 Å². The van der Waals surface area contributed by atoms with Gasteiger partial charge in [-0.25, -0.2) is 4.39 Å². The number of benzene rings is 2. The van der Waals surface area contributed by atoms with Crippen molar-refractivity contribution < 1.29 is 4.39 Å². The highest BCUT2D eigenvalue weighted by atomic mass is 79.9. The zero-order valence-corrected chi connectivity index (χ0v) is 13.2. The van der Waals surface area contributed by atoms with Crippen LogP contribution in [0.3, 0.4) is 0 Å². The molecule has 0 amide bonds. The van der Waals surface area contributed by atoms with Crippen molar-refractivity contribution in [2.45, 2.75) is 13.5 Å². The Hall–Kier alpha value is -0.770. The minimum atomic E-state index is -0.278. The quantitative estimate of drug-likeness (QED) is 0.725. The van der Waals surface area contributed by atoms with Crippen LogP contribution in [0.25, 0.3) is 0 Å². The van der Waals surface area contributed by atoms with E-state index in [9.17, 15) is 4.39 Å². The Morgan fingerprint density at radius 1 is 1.16 bits per heavy atom. The Balaban J connectivity index is 2.14. The van der Waals surface area contributed by atoms with Crippen molar-refractivity contribution in [1.82, 2.24) is 0 Å².